The fourth-order valence-electron chi connectivity index (χ4n) is 3.48. The SMILES string of the molecule is O=C(CCCOc1ccc2c(c1)CCC(=O)N2)Nc1nc(CN2CCOCC2)cs1. The molecule has 8 nitrogen and oxygen atoms in total. The number of anilines is 2. The minimum Gasteiger partial charge on any atom is -0.494 e. The van der Waals surface area contributed by atoms with Gasteiger partial charge in [-0.15, -0.1) is 11.3 Å². The molecule has 0 atom stereocenters. The summed E-state index contributed by atoms with van der Waals surface area (Å²) in [4.78, 5) is 30.4. The first kappa shape index (κ1) is 20.8. The molecule has 1 saturated heterocycles. The highest BCUT2D eigenvalue weighted by molar-refractivity contribution is 7.13. The molecule has 0 spiro atoms. The second-order valence-electron chi connectivity index (χ2n) is 7.40. The van der Waals surface area contributed by atoms with Crippen LogP contribution in [0, 0.1) is 0 Å². The second kappa shape index (κ2) is 10.0. The summed E-state index contributed by atoms with van der Waals surface area (Å²) < 4.78 is 11.1. The maximum Gasteiger partial charge on any atom is 0.226 e. The molecule has 4 rings (SSSR count). The summed E-state index contributed by atoms with van der Waals surface area (Å²) in [5.74, 6) is 0.757. The Morgan fingerprint density at radius 3 is 3.03 bits per heavy atom. The fourth-order valence-corrected chi connectivity index (χ4v) is 4.20. The number of nitrogens with one attached hydrogen (secondary N) is 2. The molecule has 2 N–H and O–H groups in total. The van der Waals surface area contributed by atoms with E-state index in [-0.39, 0.29) is 11.8 Å². The van der Waals surface area contributed by atoms with Crippen molar-refractivity contribution in [3.63, 3.8) is 0 Å². The fraction of sp³-hybridized carbons (Fsp3) is 0.476. The van der Waals surface area contributed by atoms with Crippen LogP contribution in [0.3, 0.4) is 0 Å². The van der Waals surface area contributed by atoms with Gasteiger partial charge in [0.05, 0.1) is 25.5 Å². The van der Waals surface area contributed by atoms with Crippen molar-refractivity contribution >= 4 is 34.0 Å². The largest absolute Gasteiger partial charge is 0.494 e. The molecule has 0 radical (unpaired) electrons. The van der Waals surface area contributed by atoms with Crippen LogP contribution in [-0.4, -0.2) is 54.6 Å². The first-order valence-corrected chi connectivity index (χ1v) is 11.1. The van der Waals surface area contributed by atoms with Crippen molar-refractivity contribution in [2.75, 3.05) is 43.5 Å². The van der Waals surface area contributed by atoms with Crippen molar-refractivity contribution in [2.45, 2.75) is 32.2 Å². The molecule has 160 valence electrons. The molecular weight excluding hydrogens is 404 g/mol. The lowest BCUT2D eigenvalue weighted by molar-refractivity contribution is -0.117. The number of morpholine rings is 1. The maximum absolute atomic E-state index is 12.2. The normalized spacial score (nSPS) is 16.6. The van der Waals surface area contributed by atoms with Crippen molar-refractivity contribution < 1.29 is 19.1 Å². The van der Waals surface area contributed by atoms with Gasteiger partial charge in [-0.1, -0.05) is 0 Å². The molecule has 2 aliphatic heterocycles. The van der Waals surface area contributed by atoms with Crippen LogP contribution in [0.4, 0.5) is 10.8 Å². The molecule has 0 aliphatic carbocycles. The molecule has 0 saturated carbocycles. The molecule has 1 aromatic carbocycles. The molecule has 0 unspecified atom stereocenters. The van der Waals surface area contributed by atoms with Crippen molar-refractivity contribution in [2.24, 2.45) is 0 Å². The Labute approximate surface area is 179 Å². The smallest absolute Gasteiger partial charge is 0.226 e. The number of benzene rings is 1. The molecule has 9 heteroatoms. The summed E-state index contributed by atoms with van der Waals surface area (Å²) in [6.07, 6.45) is 2.22. The molecule has 3 heterocycles. The Morgan fingerprint density at radius 2 is 2.17 bits per heavy atom. The molecular formula is C21H26N4O4S. The van der Waals surface area contributed by atoms with E-state index in [0.717, 1.165) is 62.0 Å². The van der Waals surface area contributed by atoms with Crippen LogP contribution < -0.4 is 15.4 Å². The minimum atomic E-state index is -0.0565. The number of hydrogen-bond donors (Lipinski definition) is 2. The number of amides is 2. The van der Waals surface area contributed by atoms with Crippen LogP contribution in [0.5, 0.6) is 5.75 Å². The Bertz CT molecular complexity index is 895. The number of aromatic nitrogens is 1. The number of ether oxygens (including phenoxy) is 2. The Kier molecular flexibility index (Phi) is 6.93. The average Bonchev–Trinajstić information content (AvgIpc) is 3.18. The molecule has 1 fully saturated rings. The number of carbonyl (C=O) groups is 2. The highest BCUT2D eigenvalue weighted by Gasteiger charge is 2.15. The Hall–Kier alpha value is -2.49. The maximum atomic E-state index is 12.2. The van der Waals surface area contributed by atoms with Crippen LogP contribution in [0.1, 0.15) is 30.5 Å². The van der Waals surface area contributed by atoms with E-state index in [1.165, 1.54) is 11.3 Å². The van der Waals surface area contributed by atoms with Crippen LogP contribution in [0.2, 0.25) is 0 Å². The van der Waals surface area contributed by atoms with Gasteiger partial charge >= 0.3 is 0 Å². The number of nitrogens with zero attached hydrogens (tertiary/aromatic N) is 2. The van der Waals surface area contributed by atoms with Crippen molar-refractivity contribution in [3.05, 3.63) is 34.8 Å². The van der Waals surface area contributed by atoms with Gasteiger partial charge in [0.25, 0.3) is 0 Å². The van der Waals surface area contributed by atoms with E-state index in [4.69, 9.17) is 9.47 Å². The highest BCUT2D eigenvalue weighted by atomic mass is 32.1. The van der Waals surface area contributed by atoms with E-state index in [1.807, 2.05) is 23.6 Å². The third-order valence-corrected chi connectivity index (χ3v) is 5.88. The van der Waals surface area contributed by atoms with Gasteiger partial charge < -0.3 is 20.1 Å². The molecule has 2 amide bonds. The Morgan fingerprint density at radius 1 is 1.30 bits per heavy atom. The Balaban J connectivity index is 1.16. The lowest BCUT2D eigenvalue weighted by Gasteiger charge is -2.25. The number of rotatable bonds is 8. The van der Waals surface area contributed by atoms with E-state index >= 15 is 0 Å². The molecule has 2 aromatic rings. The van der Waals surface area contributed by atoms with Crippen LogP contribution in [0.25, 0.3) is 0 Å². The van der Waals surface area contributed by atoms with Gasteiger partial charge in [0.2, 0.25) is 11.8 Å². The van der Waals surface area contributed by atoms with Gasteiger partial charge in [0.15, 0.2) is 5.13 Å². The highest BCUT2D eigenvalue weighted by Crippen LogP contribution is 2.27. The first-order chi connectivity index (χ1) is 14.7. The third kappa shape index (κ3) is 5.78. The van der Waals surface area contributed by atoms with Crippen molar-refractivity contribution in [1.82, 2.24) is 9.88 Å². The van der Waals surface area contributed by atoms with Gasteiger partial charge in [-0.3, -0.25) is 14.5 Å². The zero-order valence-electron chi connectivity index (χ0n) is 16.8. The van der Waals surface area contributed by atoms with Crippen LogP contribution in [-0.2, 0) is 27.3 Å². The summed E-state index contributed by atoms with van der Waals surface area (Å²) in [6.45, 7) is 4.60. The zero-order valence-corrected chi connectivity index (χ0v) is 17.6. The third-order valence-electron chi connectivity index (χ3n) is 5.08. The van der Waals surface area contributed by atoms with Crippen molar-refractivity contribution in [1.29, 1.82) is 0 Å². The van der Waals surface area contributed by atoms with Gasteiger partial charge in [-0.25, -0.2) is 4.98 Å². The van der Waals surface area contributed by atoms with Gasteiger partial charge in [0.1, 0.15) is 5.75 Å². The molecule has 2 aliphatic rings. The predicted molar refractivity (Wildman–Crippen MR) is 115 cm³/mol. The van der Waals surface area contributed by atoms with Crippen LogP contribution in [0.15, 0.2) is 23.6 Å². The van der Waals surface area contributed by atoms with Crippen LogP contribution >= 0.6 is 11.3 Å². The van der Waals surface area contributed by atoms with E-state index < -0.39 is 0 Å². The number of carbonyl (C=O) groups excluding carboxylic acids is 2. The summed E-state index contributed by atoms with van der Waals surface area (Å²) in [5.41, 5.74) is 2.92. The number of fused-ring (bicyclic) bond motifs is 1. The number of aryl methyl sites for hydroxylation is 1. The second-order valence-corrected chi connectivity index (χ2v) is 8.26. The zero-order chi connectivity index (χ0) is 20.8. The summed E-state index contributed by atoms with van der Waals surface area (Å²) in [5, 5.41) is 8.36. The summed E-state index contributed by atoms with van der Waals surface area (Å²) >= 11 is 1.45. The van der Waals surface area contributed by atoms with E-state index in [0.29, 0.717) is 31.0 Å². The summed E-state index contributed by atoms with van der Waals surface area (Å²) in [6, 6.07) is 5.67. The minimum absolute atomic E-state index is 0.0515. The van der Waals surface area contributed by atoms with E-state index in [1.54, 1.807) is 0 Å². The average molecular weight is 431 g/mol. The number of hydrogen-bond acceptors (Lipinski definition) is 7. The quantitative estimate of drug-likeness (QED) is 0.626. The van der Waals surface area contributed by atoms with E-state index in [2.05, 4.69) is 20.5 Å². The van der Waals surface area contributed by atoms with Gasteiger partial charge in [-0.2, -0.15) is 0 Å². The lowest BCUT2D eigenvalue weighted by Crippen LogP contribution is -2.35. The van der Waals surface area contributed by atoms with Crippen molar-refractivity contribution in [3.8, 4) is 5.75 Å². The summed E-state index contributed by atoms with van der Waals surface area (Å²) in [7, 11) is 0. The number of thiazole rings is 1. The van der Waals surface area contributed by atoms with Gasteiger partial charge in [-0.05, 0) is 36.6 Å². The lowest BCUT2D eigenvalue weighted by atomic mass is 10.0. The van der Waals surface area contributed by atoms with E-state index in [9.17, 15) is 9.59 Å². The molecule has 30 heavy (non-hydrogen) atoms. The van der Waals surface area contributed by atoms with Gasteiger partial charge in [0, 0.05) is 43.5 Å². The molecule has 1 aromatic heterocycles. The standard InChI is InChI=1S/C21H26N4O4S/c26-19(24-21-22-16(14-30-21)13-25-7-10-28-11-8-25)2-1-9-29-17-4-5-18-15(12-17)3-6-20(27)23-18/h4-5,12,14H,1-3,6-11,13H2,(H,23,27)(H,22,24,26). The molecule has 0 bridgehead atoms. The topological polar surface area (TPSA) is 92.8 Å². The predicted octanol–water partition coefficient (Wildman–Crippen LogP) is 2.66. The monoisotopic (exact) mass is 430 g/mol. The first-order valence-electron chi connectivity index (χ1n) is 10.3.